The Morgan fingerprint density at radius 3 is 2.56 bits per heavy atom. The summed E-state index contributed by atoms with van der Waals surface area (Å²) in [5.41, 5.74) is 1.35. The highest BCUT2D eigenvalue weighted by atomic mass is 19.4. The van der Waals surface area contributed by atoms with Gasteiger partial charge in [0.1, 0.15) is 0 Å². The molecular formula is C22H18F3N5O2. The smallest absolute Gasteiger partial charge is 0.339 e. The Morgan fingerprint density at radius 1 is 1.16 bits per heavy atom. The summed E-state index contributed by atoms with van der Waals surface area (Å²) in [5.74, 6) is 0.470. The van der Waals surface area contributed by atoms with Crippen LogP contribution in [0.2, 0.25) is 0 Å². The van der Waals surface area contributed by atoms with E-state index in [-0.39, 0.29) is 11.3 Å². The van der Waals surface area contributed by atoms with Crippen molar-refractivity contribution >= 4 is 11.6 Å². The molecule has 0 bridgehead atoms. The van der Waals surface area contributed by atoms with Crippen LogP contribution in [0, 0.1) is 6.92 Å². The van der Waals surface area contributed by atoms with Gasteiger partial charge in [-0.25, -0.2) is 4.68 Å². The van der Waals surface area contributed by atoms with Gasteiger partial charge in [0, 0.05) is 23.9 Å². The summed E-state index contributed by atoms with van der Waals surface area (Å²) in [7, 11) is 0. The van der Waals surface area contributed by atoms with Gasteiger partial charge >= 0.3 is 6.18 Å². The van der Waals surface area contributed by atoms with Crippen molar-refractivity contribution in [3.05, 3.63) is 77.4 Å². The average molecular weight is 441 g/mol. The summed E-state index contributed by atoms with van der Waals surface area (Å²) in [6.45, 7) is 3.57. The first-order valence-corrected chi connectivity index (χ1v) is 9.73. The maximum atomic E-state index is 12.9. The van der Waals surface area contributed by atoms with Gasteiger partial charge in [-0.2, -0.15) is 23.3 Å². The zero-order valence-corrected chi connectivity index (χ0v) is 17.1. The SMILES string of the molecule is CCc1nc(-c2ccc(-n3cc(C(=O)Nc4cccc(C(F)(F)F)c4)c(C)n3)cc2)no1. The second-order valence-corrected chi connectivity index (χ2v) is 7.02. The standard InChI is InChI=1S/C22H18F3N5O2/c1-3-19-27-20(29-32-19)14-7-9-17(10-8-14)30-12-18(13(2)28-30)21(31)26-16-6-4-5-15(11-16)22(23,24)25/h4-12H,3H2,1-2H3,(H,26,31). The molecule has 0 saturated heterocycles. The van der Waals surface area contributed by atoms with Gasteiger partial charge in [0.25, 0.3) is 5.91 Å². The first-order valence-electron chi connectivity index (χ1n) is 9.73. The number of alkyl halides is 3. The average Bonchev–Trinajstić information content (AvgIpc) is 3.40. The van der Waals surface area contributed by atoms with Gasteiger partial charge in [0.05, 0.1) is 22.5 Å². The van der Waals surface area contributed by atoms with Crippen LogP contribution in [0.5, 0.6) is 0 Å². The van der Waals surface area contributed by atoms with Crippen LogP contribution in [-0.2, 0) is 12.6 Å². The summed E-state index contributed by atoms with van der Waals surface area (Å²) in [4.78, 5) is 16.9. The number of hydrogen-bond acceptors (Lipinski definition) is 5. The lowest BCUT2D eigenvalue weighted by molar-refractivity contribution is -0.137. The van der Waals surface area contributed by atoms with Crippen LogP contribution in [0.15, 0.2) is 59.3 Å². The Kier molecular flexibility index (Phi) is 5.52. The van der Waals surface area contributed by atoms with E-state index >= 15 is 0 Å². The maximum Gasteiger partial charge on any atom is 0.416 e. The minimum absolute atomic E-state index is 0.0490. The van der Waals surface area contributed by atoms with Crippen LogP contribution in [0.4, 0.5) is 18.9 Å². The molecule has 0 aliphatic carbocycles. The second kappa shape index (κ2) is 8.29. The number of benzene rings is 2. The number of carbonyl (C=O) groups is 1. The lowest BCUT2D eigenvalue weighted by atomic mass is 10.2. The number of amides is 1. The Hall–Kier alpha value is -3.95. The van der Waals surface area contributed by atoms with E-state index in [0.29, 0.717) is 29.5 Å². The summed E-state index contributed by atoms with van der Waals surface area (Å²) in [5, 5.41) is 10.8. The molecule has 7 nitrogen and oxygen atoms in total. The Balaban J connectivity index is 1.53. The molecule has 2 aromatic heterocycles. The Labute approximate surface area is 180 Å². The highest BCUT2D eigenvalue weighted by Crippen LogP contribution is 2.30. The van der Waals surface area contributed by atoms with Crippen molar-refractivity contribution in [3.63, 3.8) is 0 Å². The number of aromatic nitrogens is 4. The Bertz CT molecular complexity index is 1260. The van der Waals surface area contributed by atoms with Gasteiger partial charge < -0.3 is 9.84 Å². The molecule has 2 heterocycles. The molecule has 0 aliphatic heterocycles. The van der Waals surface area contributed by atoms with E-state index < -0.39 is 17.6 Å². The van der Waals surface area contributed by atoms with Crippen molar-refractivity contribution in [3.8, 4) is 17.1 Å². The van der Waals surface area contributed by atoms with E-state index in [0.717, 1.165) is 17.7 Å². The highest BCUT2D eigenvalue weighted by molar-refractivity contribution is 6.05. The molecule has 32 heavy (non-hydrogen) atoms. The predicted molar refractivity (Wildman–Crippen MR) is 110 cm³/mol. The van der Waals surface area contributed by atoms with Gasteiger partial charge in [-0.1, -0.05) is 18.1 Å². The molecule has 4 rings (SSSR count). The third-order valence-electron chi connectivity index (χ3n) is 4.75. The van der Waals surface area contributed by atoms with Crippen LogP contribution in [0.3, 0.4) is 0 Å². The minimum Gasteiger partial charge on any atom is -0.339 e. The van der Waals surface area contributed by atoms with E-state index in [1.165, 1.54) is 23.0 Å². The summed E-state index contributed by atoms with van der Waals surface area (Å²) in [6.07, 6.45) is -2.33. The number of anilines is 1. The minimum atomic E-state index is -4.49. The van der Waals surface area contributed by atoms with Crippen molar-refractivity contribution in [2.45, 2.75) is 26.4 Å². The van der Waals surface area contributed by atoms with Crippen molar-refractivity contribution in [1.82, 2.24) is 19.9 Å². The van der Waals surface area contributed by atoms with E-state index in [1.54, 1.807) is 31.2 Å². The lowest BCUT2D eigenvalue weighted by Crippen LogP contribution is -2.13. The lowest BCUT2D eigenvalue weighted by Gasteiger charge is -2.09. The molecule has 1 N–H and O–H groups in total. The van der Waals surface area contributed by atoms with Crippen LogP contribution in [0.1, 0.15) is 34.4 Å². The van der Waals surface area contributed by atoms with Crippen molar-refractivity contribution < 1.29 is 22.5 Å². The van der Waals surface area contributed by atoms with Gasteiger partial charge in [0.15, 0.2) is 0 Å². The fourth-order valence-corrected chi connectivity index (χ4v) is 3.07. The molecule has 0 fully saturated rings. The van der Waals surface area contributed by atoms with Gasteiger partial charge in [-0.15, -0.1) is 0 Å². The third-order valence-corrected chi connectivity index (χ3v) is 4.75. The largest absolute Gasteiger partial charge is 0.416 e. The van der Waals surface area contributed by atoms with E-state index in [1.807, 2.05) is 6.92 Å². The normalized spacial score (nSPS) is 11.5. The topological polar surface area (TPSA) is 85.8 Å². The molecule has 0 unspecified atom stereocenters. The number of nitrogens with one attached hydrogen (secondary N) is 1. The number of carbonyl (C=O) groups excluding carboxylic acids is 1. The molecule has 10 heteroatoms. The molecule has 0 spiro atoms. The van der Waals surface area contributed by atoms with Crippen LogP contribution >= 0.6 is 0 Å². The molecule has 0 aliphatic rings. The summed E-state index contributed by atoms with van der Waals surface area (Å²) < 4.78 is 45.3. The molecule has 0 atom stereocenters. The zero-order valence-electron chi connectivity index (χ0n) is 17.1. The van der Waals surface area contributed by atoms with E-state index in [9.17, 15) is 18.0 Å². The third kappa shape index (κ3) is 4.39. The number of aryl methyl sites for hydroxylation is 2. The van der Waals surface area contributed by atoms with Crippen molar-refractivity contribution in [2.75, 3.05) is 5.32 Å². The number of nitrogens with zero attached hydrogens (tertiary/aromatic N) is 4. The molecule has 1 amide bonds. The van der Waals surface area contributed by atoms with E-state index in [4.69, 9.17) is 4.52 Å². The highest BCUT2D eigenvalue weighted by Gasteiger charge is 2.30. The first-order chi connectivity index (χ1) is 15.2. The van der Waals surface area contributed by atoms with E-state index in [2.05, 4.69) is 20.6 Å². The number of rotatable bonds is 5. The fraction of sp³-hybridized carbons (Fsp3) is 0.182. The van der Waals surface area contributed by atoms with Crippen LogP contribution in [-0.4, -0.2) is 25.8 Å². The zero-order chi connectivity index (χ0) is 22.9. The van der Waals surface area contributed by atoms with Crippen LogP contribution in [0.25, 0.3) is 17.1 Å². The predicted octanol–water partition coefficient (Wildman–Crippen LogP) is 5.06. The molecular weight excluding hydrogens is 423 g/mol. The van der Waals surface area contributed by atoms with Crippen LogP contribution < -0.4 is 5.32 Å². The molecule has 0 saturated carbocycles. The number of halogens is 3. The summed E-state index contributed by atoms with van der Waals surface area (Å²) >= 11 is 0. The molecule has 164 valence electrons. The number of hydrogen-bond donors (Lipinski definition) is 1. The fourth-order valence-electron chi connectivity index (χ4n) is 3.07. The summed E-state index contributed by atoms with van der Waals surface area (Å²) in [6, 6.07) is 11.7. The molecule has 4 aromatic rings. The molecule has 0 radical (unpaired) electrons. The Morgan fingerprint density at radius 2 is 1.91 bits per heavy atom. The van der Waals surface area contributed by atoms with Crippen molar-refractivity contribution in [1.29, 1.82) is 0 Å². The molecule has 2 aromatic carbocycles. The van der Waals surface area contributed by atoms with Crippen molar-refractivity contribution in [2.24, 2.45) is 0 Å². The monoisotopic (exact) mass is 441 g/mol. The maximum absolute atomic E-state index is 12.9. The van der Waals surface area contributed by atoms with Gasteiger partial charge in [-0.3, -0.25) is 4.79 Å². The first kappa shape index (κ1) is 21.3. The van der Waals surface area contributed by atoms with Gasteiger partial charge in [0.2, 0.25) is 11.7 Å². The quantitative estimate of drug-likeness (QED) is 0.468. The second-order valence-electron chi connectivity index (χ2n) is 7.02. The van der Waals surface area contributed by atoms with Gasteiger partial charge in [-0.05, 0) is 49.4 Å².